The number of urea groups is 1. The van der Waals surface area contributed by atoms with Crippen LogP contribution in [0.5, 0.6) is 0 Å². The molecule has 2 fully saturated rings. The number of rotatable bonds is 4. The number of aromatic nitrogens is 2. The molecule has 1 aromatic rings. The summed E-state index contributed by atoms with van der Waals surface area (Å²) in [6.45, 7) is 0. The number of nitrogens with zero attached hydrogens (tertiary/aromatic N) is 3. The van der Waals surface area contributed by atoms with Gasteiger partial charge in [0.15, 0.2) is 0 Å². The van der Waals surface area contributed by atoms with Crippen LogP contribution >= 0.6 is 0 Å². The highest BCUT2D eigenvalue weighted by Crippen LogP contribution is 2.44. The molecule has 0 saturated heterocycles. The molecule has 22 heavy (non-hydrogen) atoms. The number of anilines is 2. The normalized spacial score (nSPS) is 24.6. The van der Waals surface area contributed by atoms with Gasteiger partial charge in [0.2, 0.25) is 0 Å². The fourth-order valence-electron chi connectivity index (χ4n) is 3.44. The number of hydrogen-bond acceptors (Lipinski definition) is 4. The predicted octanol–water partition coefficient (Wildman–Crippen LogP) is 2.63. The van der Waals surface area contributed by atoms with Crippen molar-refractivity contribution in [2.45, 2.75) is 44.6 Å². The molecule has 6 heteroatoms. The van der Waals surface area contributed by atoms with Gasteiger partial charge in [-0.1, -0.05) is 32.1 Å². The van der Waals surface area contributed by atoms with E-state index in [1.54, 1.807) is 6.07 Å². The van der Waals surface area contributed by atoms with Gasteiger partial charge in [0.05, 0.1) is 0 Å². The number of nitrogens with one attached hydrogen (secondary N) is 2. The first kappa shape index (κ1) is 15.1. The minimum Gasteiger partial charge on any atom is -0.363 e. The van der Waals surface area contributed by atoms with Crippen molar-refractivity contribution in [3.63, 3.8) is 0 Å². The van der Waals surface area contributed by atoms with Crippen LogP contribution in [-0.2, 0) is 0 Å². The van der Waals surface area contributed by atoms with Crippen LogP contribution in [0.4, 0.5) is 16.4 Å². The Morgan fingerprint density at radius 3 is 2.73 bits per heavy atom. The van der Waals surface area contributed by atoms with E-state index in [-0.39, 0.29) is 6.03 Å². The van der Waals surface area contributed by atoms with Gasteiger partial charge >= 0.3 is 6.03 Å². The topological polar surface area (TPSA) is 70.2 Å². The van der Waals surface area contributed by atoms with Gasteiger partial charge in [-0.15, -0.1) is 0 Å². The molecule has 2 saturated carbocycles. The molecular weight excluding hydrogens is 278 g/mol. The van der Waals surface area contributed by atoms with Gasteiger partial charge in [0.1, 0.15) is 18.0 Å². The van der Waals surface area contributed by atoms with Crippen molar-refractivity contribution in [3.8, 4) is 0 Å². The van der Waals surface area contributed by atoms with Crippen molar-refractivity contribution >= 4 is 17.7 Å². The van der Waals surface area contributed by atoms with Gasteiger partial charge in [-0.25, -0.2) is 14.8 Å². The summed E-state index contributed by atoms with van der Waals surface area (Å²) in [6.07, 6.45) is 9.36. The standard InChI is InChI=1S/C16H25N5O/c1-21(2)15-9-14(17-10-18-15)20-16(22)19-13-8-12(13)11-6-4-3-5-7-11/h9-13H,3-8H2,1-2H3,(H2,17,18,19,20,22)/t12-,13+/m0/s1. The number of amides is 2. The molecule has 2 amide bonds. The average Bonchev–Trinajstić information content (AvgIpc) is 3.27. The van der Waals surface area contributed by atoms with E-state index in [0.29, 0.717) is 17.8 Å². The van der Waals surface area contributed by atoms with Crippen LogP contribution in [0.1, 0.15) is 38.5 Å². The zero-order valence-corrected chi connectivity index (χ0v) is 13.4. The molecule has 2 N–H and O–H groups in total. The Morgan fingerprint density at radius 1 is 1.23 bits per heavy atom. The smallest absolute Gasteiger partial charge is 0.320 e. The molecule has 2 atom stereocenters. The van der Waals surface area contributed by atoms with Gasteiger partial charge in [0, 0.05) is 26.2 Å². The van der Waals surface area contributed by atoms with Crippen LogP contribution in [0.3, 0.4) is 0 Å². The zero-order chi connectivity index (χ0) is 15.5. The summed E-state index contributed by atoms with van der Waals surface area (Å²) in [5.41, 5.74) is 0. The molecule has 0 unspecified atom stereocenters. The van der Waals surface area contributed by atoms with Crippen molar-refractivity contribution < 1.29 is 4.79 Å². The third kappa shape index (κ3) is 3.67. The summed E-state index contributed by atoms with van der Waals surface area (Å²) in [7, 11) is 3.82. The monoisotopic (exact) mass is 303 g/mol. The Hall–Kier alpha value is -1.85. The number of hydrogen-bond donors (Lipinski definition) is 2. The summed E-state index contributed by atoms with van der Waals surface area (Å²) in [5, 5.41) is 5.88. The predicted molar refractivity (Wildman–Crippen MR) is 87.0 cm³/mol. The largest absolute Gasteiger partial charge is 0.363 e. The van der Waals surface area contributed by atoms with E-state index in [9.17, 15) is 4.79 Å². The number of carbonyl (C=O) groups excluding carboxylic acids is 1. The van der Waals surface area contributed by atoms with Crippen LogP contribution in [0.15, 0.2) is 12.4 Å². The van der Waals surface area contributed by atoms with Crippen molar-refractivity contribution in [3.05, 3.63) is 12.4 Å². The second-order valence-electron chi connectivity index (χ2n) is 6.66. The van der Waals surface area contributed by atoms with Crippen molar-refractivity contribution in [2.75, 3.05) is 24.3 Å². The van der Waals surface area contributed by atoms with Crippen LogP contribution < -0.4 is 15.5 Å². The maximum atomic E-state index is 12.1. The van der Waals surface area contributed by atoms with E-state index in [0.717, 1.165) is 18.2 Å². The Morgan fingerprint density at radius 2 is 2.00 bits per heavy atom. The zero-order valence-electron chi connectivity index (χ0n) is 13.4. The Balaban J connectivity index is 1.48. The molecule has 6 nitrogen and oxygen atoms in total. The van der Waals surface area contributed by atoms with Gasteiger partial charge in [-0.2, -0.15) is 0 Å². The van der Waals surface area contributed by atoms with Crippen molar-refractivity contribution in [2.24, 2.45) is 11.8 Å². The van der Waals surface area contributed by atoms with Crippen molar-refractivity contribution in [1.82, 2.24) is 15.3 Å². The maximum Gasteiger partial charge on any atom is 0.320 e. The Labute approximate surface area is 131 Å². The molecule has 0 aromatic carbocycles. The molecule has 3 rings (SSSR count). The molecule has 120 valence electrons. The SMILES string of the molecule is CN(C)c1cc(NC(=O)N[C@@H]2C[C@H]2C2CCCCC2)ncn1. The highest BCUT2D eigenvalue weighted by Gasteiger charge is 2.43. The van der Waals surface area contributed by atoms with Gasteiger partial charge in [-0.3, -0.25) is 5.32 Å². The summed E-state index contributed by atoms with van der Waals surface area (Å²) in [6, 6.07) is 1.95. The summed E-state index contributed by atoms with van der Waals surface area (Å²) in [4.78, 5) is 22.2. The van der Waals surface area contributed by atoms with Crippen LogP contribution in [0.2, 0.25) is 0 Å². The molecule has 2 aliphatic rings. The highest BCUT2D eigenvalue weighted by molar-refractivity contribution is 5.89. The molecule has 2 aliphatic carbocycles. The number of carbonyl (C=O) groups is 1. The third-order valence-corrected chi connectivity index (χ3v) is 4.76. The minimum absolute atomic E-state index is 0.160. The molecule has 0 aliphatic heterocycles. The third-order valence-electron chi connectivity index (χ3n) is 4.76. The van der Waals surface area contributed by atoms with Crippen LogP contribution in [0.25, 0.3) is 0 Å². The van der Waals surface area contributed by atoms with E-state index in [4.69, 9.17) is 0 Å². The van der Waals surface area contributed by atoms with Gasteiger partial charge < -0.3 is 10.2 Å². The lowest BCUT2D eigenvalue weighted by Gasteiger charge is -2.21. The van der Waals surface area contributed by atoms with Crippen LogP contribution in [-0.4, -0.2) is 36.1 Å². The van der Waals surface area contributed by atoms with E-state index in [1.165, 1.54) is 38.4 Å². The summed E-state index contributed by atoms with van der Waals surface area (Å²) >= 11 is 0. The lowest BCUT2D eigenvalue weighted by Crippen LogP contribution is -2.32. The van der Waals surface area contributed by atoms with E-state index >= 15 is 0 Å². The molecular formula is C16H25N5O. The summed E-state index contributed by atoms with van der Waals surface area (Å²) < 4.78 is 0. The maximum absolute atomic E-state index is 12.1. The highest BCUT2D eigenvalue weighted by atomic mass is 16.2. The lowest BCUT2D eigenvalue weighted by atomic mass is 9.85. The quantitative estimate of drug-likeness (QED) is 0.897. The average molecular weight is 303 g/mol. The molecule has 1 heterocycles. The van der Waals surface area contributed by atoms with Gasteiger partial charge in [0.25, 0.3) is 0 Å². The van der Waals surface area contributed by atoms with E-state index in [1.807, 2.05) is 19.0 Å². The van der Waals surface area contributed by atoms with Gasteiger partial charge in [-0.05, 0) is 18.3 Å². The molecule has 0 radical (unpaired) electrons. The molecule has 0 bridgehead atoms. The minimum atomic E-state index is -0.160. The lowest BCUT2D eigenvalue weighted by molar-refractivity contribution is 0.249. The first-order chi connectivity index (χ1) is 10.6. The Kier molecular flexibility index (Phi) is 4.45. The second-order valence-corrected chi connectivity index (χ2v) is 6.66. The Bertz CT molecular complexity index is 527. The van der Waals surface area contributed by atoms with E-state index in [2.05, 4.69) is 20.6 Å². The first-order valence-electron chi connectivity index (χ1n) is 8.20. The molecule has 1 aromatic heterocycles. The molecule has 0 spiro atoms. The second kappa shape index (κ2) is 6.50. The van der Waals surface area contributed by atoms with E-state index < -0.39 is 0 Å². The fraction of sp³-hybridized carbons (Fsp3) is 0.688. The summed E-state index contributed by atoms with van der Waals surface area (Å²) in [5.74, 6) is 2.81. The first-order valence-corrected chi connectivity index (χ1v) is 8.20. The van der Waals surface area contributed by atoms with Crippen molar-refractivity contribution in [1.29, 1.82) is 0 Å². The van der Waals surface area contributed by atoms with Crippen LogP contribution in [0, 0.1) is 11.8 Å². The fourth-order valence-corrected chi connectivity index (χ4v) is 3.44.